The Morgan fingerprint density at radius 1 is 1.31 bits per heavy atom. The van der Waals surface area contributed by atoms with E-state index >= 15 is 0 Å². The molecule has 1 fully saturated rings. The van der Waals surface area contributed by atoms with Crippen LogP contribution in [0.3, 0.4) is 0 Å². The molecule has 0 unspecified atom stereocenters. The molecule has 1 aliphatic heterocycles. The fraction of sp³-hybridized carbons (Fsp3) is 1.00. The minimum Gasteiger partial charge on any atom is -0.381 e. The number of hydrogen-bond donors (Lipinski definition) is 2. The third-order valence-corrected chi connectivity index (χ3v) is 4.05. The summed E-state index contributed by atoms with van der Waals surface area (Å²) in [5, 5.41) is 3.60. The molecule has 0 aromatic rings. The van der Waals surface area contributed by atoms with Crippen LogP contribution in [0.2, 0.25) is 0 Å². The van der Waals surface area contributed by atoms with Crippen LogP contribution in [-0.2, 0) is 4.74 Å². The van der Waals surface area contributed by atoms with E-state index in [2.05, 4.69) is 26.1 Å². The Hall–Kier alpha value is -0.120. The van der Waals surface area contributed by atoms with Gasteiger partial charge < -0.3 is 15.8 Å². The molecule has 0 aromatic carbocycles. The lowest BCUT2D eigenvalue weighted by atomic mass is 9.80. The molecule has 0 spiro atoms. The summed E-state index contributed by atoms with van der Waals surface area (Å²) in [5.74, 6) is 0. The summed E-state index contributed by atoms with van der Waals surface area (Å²) in [6.07, 6.45) is 3.41. The molecule has 0 radical (unpaired) electrons. The summed E-state index contributed by atoms with van der Waals surface area (Å²) in [6.45, 7) is 11.5. The van der Waals surface area contributed by atoms with Crippen LogP contribution in [0.25, 0.3) is 0 Å². The maximum absolute atomic E-state index is 5.93. The molecule has 1 saturated heterocycles. The molecule has 0 bridgehead atoms. The Morgan fingerprint density at radius 3 is 2.44 bits per heavy atom. The SMILES string of the molecule is CCC(C)(C)CNCC1(CN)CCOCC1. The fourth-order valence-corrected chi connectivity index (χ4v) is 2.05. The smallest absolute Gasteiger partial charge is 0.0472 e. The first-order chi connectivity index (χ1) is 7.54. The van der Waals surface area contributed by atoms with Crippen LogP contribution in [0.5, 0.6) is 0 Å². The number of nitrogens with one attached hydrogen (secondary N) is 1. The van der Waals surface area contributed by atoms with E-state index in [1.165, 1.54) is 6.42 Å². The Kier molecular flexibility index (Phi) is 5.22. The molecular formula is C13H28N2O. The zero-order chi connectivity index (χ0) is 12.1. The minimum absolute atomic E-state index is 0.280. The first-order valence-corrected chi connectivity index (χ1v) is 6.52. The van der Waals surface area contributed by atoms with Crippen molar-refractivity contribution in [3.05, 3.63) is 0 Å². The lowest BCUT2D eigenvalue weighted by molar-refractivity contribution is 0.0182. The van der Waals surface area contributed by atoms with Crippen molar-refractivity contribution in [3.63, 3.8) is 0 Å². The van der Waals surface area contributed by atoms with Gasteiger partial charge in [-0.05, 0) is 36.6 Å². The molecule has 0 atom stereocenters. The molecule has 0 saturated carbocycles. The molecule has 3 N–H and O–H groups in total. The summed E-state index contributed by atoms with van der Waals surface area (Å²) < 4.78 is 5.41. The molecule has 1 rings (SSSR count). The van der Waals surface area contributed by atoms with Gasteiger partial charge in [0, 0.05) is 26.3 Å². The van der Waals surface area contributed by atoms with Gasteiger partial charge in [-0.3, -0.25) is 0 Å². The predicted octanol–water partition coefficient (Wildman–Crippen LogP) is 1.77. The largest absolute Gasteiger partial charge is 0.381 e. The van der Waals surface area contributed by atoms with E-state index in [-0.39, 0.29) is 5.41 Å². The Balaban J connectivity index is 2.33. The van der Waals surface area contributed by atoms with Gasteiger partial charge in [0.15, 0.2) is 0 Å². The van der Waals surface area contributed by atoms with Crippen LogP contribution < -0.4 is 11.1 Å². The van der Waals surface area contributed by atoms with Crippen molar-refractivity contribution in [2.45, 2.75) is 40.0 Å². The van der Waals surface area contributed by atoms with E-state index in [4.69, 9.17) is 10.5 Å². The quantitative estimate of drug-likeness (QED) is 0.728. The average molecular weight is 228 g/mol. The van der Waals surface area contributed by atoms with Gasteiger partial charge in [-0.1, -0.05) is 20.8 Å². The number of ether oxygens (including phenoxy) is 1. The molecule has 0 amide bonds. The lowest BCUT2D eigenvalue weighted by Crippen LogP contribution is -2.46. The molecule has 3 nitrogen and oxygen atoms in total. The highest BCUT2D eigenvalue weighted by Crippen LogP contribution is 2.28. The van der Waals surface area contributed by atoms with E-state index < -0.39 is 0 Å². The van der Waals surface area contributed by atoms with Crippen molar-refractivity contribution in [2.75, 3.05) is 32.8 Å². The Morgan fingerprint density at radius 2 is 1.94 bits per heavy atom. The van der Waals surface area contributed by atoms with Crippen LogP contribution in [0.4, 0.5) is 0 Å². The highest BCUT2D eigenvalue weighted by atomic mass is 16.5. The molecule has 16 heavy (non-hydrogen) atoms. The number of hydrogen-bond acceptors (Lipinski definition) is 3. The summed E-state index contributed by atoms with van der Waals surface area (Å²) in [5.41, 5.74) is 6.59. The van der Waals surface area contributed by atoms with Crippen molar-refractivity contribution < 1.29 is 4.74 Å². The topological polar surface area (TPSA) is 47.3 Å². The van der Waals surface area contributed by atoms with Gasteiger partial charge in [-0.2, -0.15) is 0 Å². The standard InChI is InChI=1S/C13H28N2O/c1-4-12(2,3)10-15-11-13(9-14)5-7-16-8-6-13/h15H,4-11,14H2,1-3H3. The molecule has 0 aromatic heterocycles. The van der Waals surface area contributed by atoms with Gasteiger partial charge >= 0.3 is 0 Å². The second kappa shape index (κ2) is 5.99. The van der Waals surface area contributed by atoms with Gasteiger partial charge in [-0.25, -0.2) is 0 Å². The van der Waals surface area contributed by atoms with Crippen molar-refractivity contribution >= 4 is 0 Å². The van der Waals surface area contributed by atoms with E-state index in [0.717, 1.165) is 45.7 Å². The highest BCUT2D eigenvalue weighted by Gasteiger charge is 2.31. The molecule has 1 aliphatic rings. The molecular weight excluding hydrogens is 200 g/mol. The zero-order valence-electron chi connectivity index (χ0n) is 11.1. The zero-order valence-corrected chi connectivity index (χ0v) is 11.1. The third-order valence-electron chi connectivity index (χ3n) is 4.05. The van der Waals surface area contributed by atoms with E-state index in [9.17, 15) is 0 Å². The maximum atomic E-state index is 5.93. The van der Waals surface area contributed by atoms with E-state index in [1.54, 1.807) is 0 Å². The molecule has 1 heterocycles. The Labute approximate surface area is 100 Å². The third kappa shape index (κ3) is 4.04. The van der Waals surface area contributed by atoms with Gasteiger partial charge in [-0.15, -0.1) is 0 Å². The molecule has 0 aliphatic carbocycles. The van der Waals surface area contributed by atoms with Crippen LogP contribution in [0.1, 0.15) is 40.0 Å². The van der Waals surface area contributed by atoms with Crippen molar-refractivity contribution in [1.29, 1.82) is 0 Å². The van der Waals surface area contributed by atoms with E-state index in [1.807, 2.05) is 0 Å². The first-order valence-electron chi connectivity index (χ1n) is 6.52. The van der Waals surface area contributed by atoms with Crippen LogP contribution in [-0.4, -0.2) is 32.8 Å². The lowest BCUT2D eigenvalue weighted by Gasteiger charge is -2.37. The van der Waals surface area contributed by atoms with Gasteiger partial charge in [0.2, 0.25) is 0 Å². The van der Waals surface area contributed by atoms with Gasteiger partial charge in [0.25, 0.3) is 0 Å². The second-order valence-electron chi connectivity index (χ2n) is 5.94. The molecule has 96 valence electrons. The van der Waals surface area contributed by atoms with Crippen LogP contribution >= 0.6 is 0 Å². The fourth-order valence-electron chi connectivity index (χ4n) is 2.05. The monoisotopic (exact) mass is 228 g/mol. The van der Waals surface area contributed by atoms with Crippen LogP contribution in [0, 0.1) is 10.8 Å². The Bertz CT molecular complexity index is 198. The van der Waals surface area contributed by atoms with Crippen molar-refractivity contribution in [1.82, 2.24) is 5.32 Å². The van der Waals surface area contributed by atoms with Gasteiger partial charge in [0.1, 0.15) is 0 Å². The second-order valence-corrected chi connectivity index (χ2v) is 5.94. The summed E-state index contributed by atoms with van der Waals surface area (Å²) in [7, 11) is 0. The van der Waals surface area contributed by atoms with Crippen molar-refractivity contribution in [2.24, 2.45) is 16.6 Å². The van der Waals surface area contributed by atoms with Crippen LogP contribution in [0.15, 0.2) is 0 Å². The maximum Gasteiger partial charge on any atom is 0.0472 e. The van der Waals surface area contributed by atoms with E-state index in [0.29, 0.717) is 5.41 Å². The number of nitrogens with two attached hydrogens (primary N) is 1. The number of rotatable bonds is 6. The molecule has 3 heteroatoms. The summed E-state index contributed by atoms with van der Waals surface area (Å²) in [4.78, 5) is 0. The normalized spacial score (nSPS) is 21.0. The van der Waals surface area contributed by atoms with Gasteiger partial charge in [0.05, 0.1) is 0 Å². The first kappa shape index (κ1) is 13.9. The van der Waals surface area contributed by atoms with Crippen molar-refractivity contribution in [3.8, 4) is 0 Å². The average Bonchev–Trinajstić information content (AvgIpc) is 2.30. The highest BCUT2D eigenvalue weighted by molar-refractivity contribution is 4.85. The minimum atomic E-state index is 0.280. The summed E-state index contributed by atoms with van der Waals surface area (Å²) in [6, 6.07) is 0. The predicted molar refractivity (Wildman–Crippen MR) is 68.5 cm³/mol. The summed E-state index contributed by atoms with van der Waals surface area (Å²) >= 11 is 0.